The van der Waals surface area contributed by atoms with Crippen molar-refractivity contribution in [1.82, 2.24) is 4.90 Å². The van der Waals surface area contributed by atoms with Crippen molar-refractivity contribution >= 4 is 23.3 Å². The molecule has 1 heterocycles. The molecule has 0 radical (unpaired) electrons. The van der Waals surface area contributed by atoms with Gasteiger partial charge >= 0.3 is 11.5 Å². The van der Waals surface area contributed by atoms with Crippen LogP contribution in [0.5, 0.6) is 11.5 Å². The van der Waals surface area contributed by atoms with Gasteiger partial charge in [-0.05, 0) is 102 Å². The first kappa shape index (κ1) is 33.0. The van der Waals surface area contributed by atoms with E-state index in [1.165, 1.54) is 19.2 Å². The van der Waals surface area contributed by atoms with E-state index in [1.807, 2.05) is 37.3 Å². The van der Waals surface area contributed by atoms with Crippen LogP contribution in [0.1, 0.15) is 35.1 Å². The number of benzene rings is 3. The lowest BCUT2D eigenvalue weighted by Crippen LogP contribution is -2.35. The number of rotatable bonds is 10. The number of aliphatic hydroxyl groups excluding tert-OH is 1. The van der Waals surface area contributed by atoms with E-state index in [1.54, 1.807) is 30.3 Å². The molecule has 44 heavy (non-hydrogen) atoms. The predicted molar refractivity (Wildman–Crippen MR) is 165 cm³/mol. The number of nitrogens with zero attached hydrogens (tertiary/aromatic N) is 1. The zero-order chi connectivity index (χ0) is 31.5. The van der Waals surface area contributed by atoms with E-state index in [0.717, 1.165) is 53.8 Å². The second kappa shape index (κ2) is 15.7. The molecule has 10 heteroatoms. The molecule has 1 saturated heterocycles. The summed E-state index contributed by atoms with van der Waals surface area (Å²) in [6.45, 7) is 4.13. The fourth-order valence-corrected chi connectivity index (χ4v) is 5.13. The molecule has 0 amide bonds. The average Bonchev–Trinajstić information content (AvgIpc) is 3.00. The van der Waals surface area contributed by atoms with Gasteiger partial charge in [0, 0.05) is 23.5 Å². The summed E-state index contributed by atoms with van der Waals surface area (Å²) in [5.74, 6) is 7.04. The summed E-state index contributed by atoms with van der Waals surface area (Å²) in [6.07, 6.45) is 3.19. The molecule has 1 fully saturated rings. The smallest absolute Gasteiger partial charge is 0.446 e. The molecule has 4 rings (SSSR count). The summed E-state index contributed by atoms with van der Waals surface area (Å²) in [5, 5.41) is 9.68. The number of aryl methyl sites for hydroxylation is 1. The molecule has 0 aliphatic carbocycles. The minimum Gasteiger partial charge on any atom is -0.489 e. The van der Waals surface area contributed by atoms with Crippen molar-refractivity contribution < 1.29 is 37.3 Å². The van der Waals surface area contributed by atoms with E-state index in [4.69, 9.17) is 9.47 Å². The SMILES string of the molecule is COC(=O)COc1ccc(OCC=C(c2ccc(C#CCN3CCC(O)CC3)cc2)c2ccc(SC(F)(F)F)cc2)cc1C. The molecule has 1 aliphatic heterocycles. The normalized spacial score (nSPS) is 14.5. The van der Waals surface area contributed by atoms with Crippen molar-refractivity contribution in [2.24, 2.45) is 0 Å². The van der Waals surface area contributed by atoms with Crippen molar-refractivity contribution in [2.75, 3.05) is 40.0 Å². The molecule has 0 atom stereocenters. The predicted octanol–water partition coefficient (Wildman–Crippen LogP) is 6.48. The maximum absolute atomic E-state index is 12.9. The van der Waals surface area contributed by atoms with E-state index < -0.39 is 11.5 Å². The number of halogens is 3. The van der Waals surface area contributed by atoms with Crippen LogP contribution in [0.4, 0.5) is 13.2 Å². The molecule has 1 aliphatic rings. The minimum atomic E-state index is -4.36. The molecule has 0 unspecified atom stereocenters. The Hall–Kier alpha value is -3.91. The molecule has 0 bridgehead atoms. The van der Waals surface area contributed by atoms with E-state index in [9.17, 15) is 23.1 Å². The zero-order valence-electron chi connectivity index (χ0n) is 24.5. The number of thioether (sulfide) groups is 1. The number of likely N-dealkylation sites (tertiary alicyclic amines) is 1. The van der Waals surface area contributed by atoms with Crippen LogP contribution in [0.3, 0.4) is 0 Å². The zero-order valence-corrected chi connectivity index (χ0v) is 25.3. The third-order valence-corrected chi connectivity index (χ3v) is 7.68. The summed E-state index contributed by atoms with van der Waals surface area (Å²) in [6, 6.07) is 19.2. The molecular weight excluding hydrogens is 591 g/mol. The van der Waals surface area contributed by atoms with Gasteiger partial charge in [0.05, 0.1) is 19.8 Å². The number of methoxy groups -OCH3 is 1. The van der Waals surface area contributed by atoms with Gasteiger partial charge in [-0.25, -0.2) is 4.79 Å². The monoisotopic (exact) mass is 625 g/mol. The van der Waals surface area contributed by atoms with E-state index >= 15 is 0 Å². The highest BCUT2D eigenvalue weighted by Gasteiger charge is 2.29. The average molecular weight is 626 g/mol. The third kappa shape index (κ3) is 10.4. The Bertz CT molecular complexity index is 1490. The topological polar surface area (TPSA) is 68.2 Å². The van der Waals surface area contributed by atoms with Crippen LogP contribution in [0.25, 0.3) is 5.57 Å². The number of aliphatic hydroxyl groups is 1. The quantitative estimate of drug-likeness (QED) is 0.157. The van der Waals surface area contributed by atoms with Gasteiger partial charge in [-0.1, -0.05) is 36.1 Å². The first-order valence-electron chi connectivity index (χ1n) is 14.1. The highest BCUT2D eigenvalue weighted by Crippen LogP contribution is 2.37. The largest absolute Gasteiger partial charge is 0.489 e. The second-order valence-electron chi connectivity index (χ2n) is 10.2. The number of carbonyl (C=O) groups excluding carboxylic acids is 1. The van der Waals surface area contributed by atoms with Crippen molar-refractivity contribution in [3.05, 3.63) is 95.1 Å². The van der Waals surface area contributed by atoms with Gasteiger partial charge in [-0.3, -0.25) is 4.90 Å². The fraction of sp³-hybridized carbons (Fsp3) is 0.324. The first-order chi connectivity index (χ1) is 21.1. The summed E-state index contributed by atoms with van der Waals surface area (Å²) >= 11 is -0.151. The van der Waals surface area contributed by atoms with E-state index in [-0.39, 0.29) is 36.0 Å². The van der Waals surface area contributed by atoms with Crippen LogP contribution in [0.15, 0.2) is 77.7 Å². The van der Waals surface area contributed by atoms with Crippen LogP contribution in [-0.4, -0.2) is 67.5 Å². The highest BCUT2D eigenvalue weighted by molar-refractivity contribution is 8.00. The molecule has 0 saturated carbocycles. The van der Waals surface area contributed by atoms with Gasteiger partial charge in [-0.15, -0.1) is 0 Å². The summed E-state index contributed by atoms with van der Waals surface area (Å²) in [4.78, 5) is 13.7. The van der Waals surface area contributed by atoms with Crippen LogP contribution < -0.4 is 9.47 Å². The molecule has 3 aromatic rings. The maximum atomic E-state index is 12.9. The number of ether oxygens (including phenoxy) is 3. The number of hydrogen-bond acceptors (Lipinski definition) is 7. The van der Waals surface area contributed by atoms with Crippen LogP contribution >= 0.6 is 11.8 Å². The second-order valence-corrected chi connectivity index (χ2v) is 11.3. The van der Waals surface area contributed by atoms with Crippen molar-refractivity contribution in [3.63, 3.8) is 0 Å². The van der Waals surface area contributed by atoms with Gasteiger partial charge in [0.25, 0.3) is 0 Å². The van der Waals surface area contributed by atoms with Crippen LogP contribution in [-0.2, 0) is 9.53 Å². The van der Waals surface area contributed by atoms with Gasteiger partial charge in [-0.2, -0.15) is 13.2 Å². The number of esters is 1. The van der Waals surface area contributed by atoms with Crippen LogP contribution in [0.2, 0.25) is 0 Å². The minimum absolute atomic E-state index is 0.107. The third-order valence-electron chi connectivity index (χ3n) is 6.94. The number of alkyl halides is 3. The summed E-state index contributed by atoms with van der Waals surface area (Å²) in [7, 11) is 1.29. The molecule has 6 nitrogen and oxygen atoms in total. The lowest BCUT2D eigenvalue weighted by molar-refractivity contribution is -0.142. The lowest BCUT2D eigenvalue weighted by atomic mass is 9.97. The van der Waals surface area contributed by atoms with Crippen molar-refractivity contribution in [3.8, 4) is 23.3 Å². The fourth-order valence-electron chi connectivity index (χ4n) is 4.59. The number of carbonyl (C=O) groups is 1. The Morgan fingerprint density at radius 1 is 1.02 bits per heavy atom. The molecule has 1 N–H and O–H groups in total. The standard InChI is InChI=1S/C34H34F3NO5S/c1-24-22-29(11-14-32(24)43-23-33(40)41-2)42-21-17-31(27-9-12-30(13-10-27)44-34(35,36)37)26-7-5-25(6-8-26)4-3-18-38-19-15-28(39)16-20-38/h5-14,17,22,28,39H,15-16,18-21,23H2,1-2H3. The number of hydrogen-bond donors (Lipinski definition) is 1. The molecule has 0 aromatic heterocycles. The maximum Gasteiger partial charge on any atom is 0.446 e. The molecule has 3 aromatic carbocycles. The summed E-state index contributed by atoms with van der Waals surface area (Å²) < 4.78 is 54.7. The Morgan fingerprint density at radius 3 is 2.30 bits per heavy atom. The Kier molecular flexibility index (Phi) is 11.8. The molecule has 232 valence electrons. The molecular formula is C34H34F3NO5S. The summed E-state index contributed by atoms with van der Waals surface area (Å²) in [5.41, 5.74) is -0.323. The highest BCUT2D eigenvalue weighted by atomic mass is 32.2. The Balaban J connectivity index is 1.49. The lowest BCUT2D eigenvalue weighted by Gasteiger charge is -2.27. The van der Waals surface area contributed by atoms with Crippen LogP contribution in [0, 0.1) is 18.8 Å². The van der Waals surface area contributed by atoms with Gasteiger partial charge in [0.2, 0.25) is 0 Å². The van der Waals surface area contributed by atoms with Crippen molar-refractivity contribution in [1.29, 1.82) is 0 Å². The Morgan fingerprint density at radius 2 is 1.68 bits per heavy atom. The van der Waals surface area contributed by atoms with E-state index in [0.29, 0.717) is 18.0 Å². The van der Waals surface area contributed by atoms with Crippen molar-refractivity contribution in [2.45, 2.75) is 36.3 Å². The first-order valence-corrected chi connectivity index (χ1v) is 14.9. The molecule has 0 spiro atoms. The van der Waals surface area contributed by atoms with E-state index in [2.05, 4.69) is 21.5 Å². The number of piperidine rings is 1. The Labute approximate surface area is 259 Å². The van der Waals surface area contributed by atoms with Gasteiger partial charge in [0.1, 0.15) is 18.1 Å². The van der Waals surface area contributed by atoms with Gasteiger partial charge < -0.3 is 19.3 Å². The van der Waals surface area contributed by atoms with Gasteiger partial charge in [0.15, 0.2) is 6.61 Å².